The minimum Gasteiger partial charge on any atom is -0.336 e. The van der Waals surface area contributed by atoms with Gasteiger partial charge in [0.2, 0.25) is 5.91 Å². The van der Waals surface area contributed by atoms with E-state index in [2.05, 4.69) is 26.0 Å². The molecule has 1 aromatic carbocycles. The quantitative estimate of drug-likeness (QED) is 0.750. The molecule has 0 unspecified atom stereocenters. The van der Waals surface area contributed by atoms with Crippen molar-refractivity contribution in [1.29, 1.82) is 0 Å². The second-order valence-electron chi connectivity index (χ2n) is 5.31. The van der Waals surface area contributed by atoms with E-state index in [0.717, 1.165) is 15.6 Å². The van der Waals surface area contributed by atoms with Gasteiger partial charge in [0.05, 0.1) is 4.34 Å². The lowest BCUT2D eigenvalue weighted by Gasteiger charge is -2.27. The molecule has 1 amide bonds. The molecule has 0 aliphatic carbocycles. The fourth-order valence-electron chi connectivity index (χ4n) is 2.20. The summed E-state index contributed by atoms with van der Waals surface area (Å²) >= 11 is 7.47. The first-order valence-corrected chi connectivity index (χ1v) is 8.33. The zero-order valence-electron chi connectivity index (χ0n) is 12.4. The van der Waals surface area contributed by atoms with E-state index in [1.807, 2.05) is 35.2 Å². The van der Waals surface area contributed by atoms with Crippen LogP contribution in [0.25, 0.3) is 0 Å². The van der Waals surface area contributed by atoms with E-state index in [-0.39, 0.29) is 11.9 Å². The molecular formula is C17H20ClNOS. The molecule has 0 saturated heterocycles. The number of carbonyl (C=O) groups is 1. The van der Waals surface area contributed by atoms with Crippen LogP contribution in [0.2, 0.25) is 4.34 Å². The molecule has 0 aliphatic heterocycles. The van der Waals surface area contributed by atoms with Crippen molar-refractivity contribution in [2.45, 2.75) is 39.3 Å². The molecular weight excluding hydrogens is 302 g/mol. The number of thiophene rings is 1. The molecule has 0 radical (unpaired) electrons. The Bertz CT molecular complexity index is 579. The largest absolute Gasteiger partial charge is 0.336 e. The number of aryl methyl sites for hydroxylation is 1. The van der Waals surface area contributed by atoms with Crippen LogP contribution in [-0.4, -0.2) is 16.8 Å². The van der Waals surface area contributed by atoms with Gasteiger partial charge in [0.25, 0.3) is 0 Å². The molecule has 0 fully saturated rings. The molecule has 0 spiro atoms. The number of rotatable bonds is 6. The van der Waals surface area contributed by atoms with Crippen LogP contribution in [0, 0.1) is 0 Å². The molecule has 1 heterocycles. The highest BCUT2D eigenvalue weighted by Gasteiger charge is 2.17. The van der Waals surface area contributed by atoms with Crippen LogP contribution in [0.1, 0.15) is 30.7 Å². The van der Waals surface area contributed by atoms with Crippen LogP contribution in [0.3, 0.4) is 0 Å². The summed E-state index contributed by atoms with van der Waals surface area (Å²) in [5, 5.41) is 0. The van der Waals surface area contributed by atoms with Crippen molar-refractivity contribution in [3.8, 4) is 0 Å². The minimum absolute atomic E-state index is 0.193. The Morgan fingerprint density at radius 2 is 1.90 bits per heavy atom. The van der Waals surface area contributed by atoms with E-state index < -0.39 is 0 Å². The predicted octanol–water partition coefficient (Wildman–Crippen LogP) is 4.77. The number of carbonyl (C=O) groups excluding carboxylic acids is 1. The first kappa shape index (κ1) is 16.1. The van der Waals surface area contributed by atoms with Gasteiger partial charge in [-0.25, -0.2) is 0 Å². The van der Waals surface area contributed by atoms with Crippen LogP contribution in [-0.2, 0) is 17.8 Å². The summed E-state index contributed by atoms with van der Waals surface area (Å²) in [4.78, 5) is 15.6. The van der Waals surface area contributed by atoms with Gasteiger partial charge in [-0.1, -0.05) is 41.9 Å². The van der Waals surface area contributed by atoms with Crippen LogP contribution in [0.5, 0.6) is 0 Å². The van der Waals surface area contributed by atoms with Gasteiger partial charge >= 0.3 is 0 Å². The van der Waals surface area contributed by atoms with Crippen molar-refractivity contribution < 1.29 is 4.79 Å². The highest BCUT2D eigenvalue weighted by atomic mass is 35.5. The third-order valence-electron chi connectivity index (χ3n) is 3.35. The molecule has 2 nitrogen and oxygen atoms in total. The Morgan fingerprint density at radius 1 is 1.19 bits per heavy atom. The normalized spacial score (nSPS) is 10.9. The van der Waals surface area contributed by atoms with Gasteiger partial charge in [-0.05, 0) is 38.0 Å². The standard InChI is InChI=1S/C17H20ClNOS/c1-13(2)19(12-14-6-4-3-5-7-14)17(20)11-9-15-8-10-16(18)21-15/h3-8,10,13H,9,11-12H2,1-2H3. The van der Waals surface area contributed by atoms with Gasteiger partial charge in [0.15, 0.2) is 0 Å². The third-order valence-corrected chi connectivity index (χ3v) is 4.64. The van der Waals surface area contributed by atoms with E-state index in [4.69, 9.17) is 11.6 Å². The zero-order chi connectivity index (χ0) is 15.2. The molecule has 2 rings (SSSR count). The van der Waals surface area contributed by atoms with Crippen molar-refractivity contribution in [1.82, 2.24) is 4.90 Å². The molecule has 112 valence electrons. The van der Waals surface area contributed by atoms with Gasteiger partial charge in [-0.2, -0.15) is 0 Å². The summed E-state index contributed by atoms with van der Waals surface area (Å²) in [6, 6.07) is 14.2. The second kappa shape index (κ2) is 7.62. The monoisotopic (exact) mass is 321 g/mol. The number of benzene rings is 1. The van der Waals surface area contributed by atoms with E-state index in [0.29, 0.717) is 13.0 Å². The molecule has 1 aromatic heterocycles. The van der Waals surface area contributed by atoms with Gasteiger partial charge < -0.3 is 4.90 Å². The smallest absolute Gasteiger partial charge is 0.223 e. The Hall–Kier alpha value is -1.32. The lowest BCUT2D eigenvalue weighted by atomic mass is 10.1. The molecule has 0 N–H and O–H groups in total. The number of hydrogen-bond acceptors (Lipinski definition) is 2. The van der Waals surface area contributed by atoms with Gasteiger partial charge in [-0.3, -0.25) is 4.79 Å². The second-order valence-corrected chi connectivity index (χ2v) is 7.11. The molecule has 4 heteroatoms. The number of hydrogen-bond donors (Lipinski definition) is 0. The number of nitrogens with zero attached hydrogens (tertiary/aromatic N) is 1. The molecule has 0 bridgehead atoms. The van der Waals surface area contributed by atoms with E-state index >= 15 is 0 Å². The third kappa shape index (κ3) is 4.87. The van der Waals surface area contributed by atoms with Crippen LogP contribution in [0.15, 0.2) is 42.5 Å². The maximum Gasteiger partial charge on any atom is 0.223 e. The Balaban J connectivity index is 1.95. The molecule has 0 aliphatic rings. The Labute approximate surface area is 135 Å². The first-order valence-electron chi connectivity index (χ1n) is 7.14. The lowest BCUT2D eigenvalue weighted by Crippen LogP contribution is -2.36. The van der Waals surface area contributed by atoms with Crippen molar-refractivity contribution >= 4 is 28.8 Å². The molecule has 2 aromatic rings. The summed E-state index contributed by atoms with van der Waals surface area (Å²) in [7, 11) is 0. The predicted molar refractivity (Wildman–Crippen MR) is 89.8 cm³/mol. The molecule has 21 heavy (non-hydrogen) atoms. The van der Waals surface area contributed by atoms with Crippen molar-refractivity contribution in [3.05, 3.63) is 57.2 Å². The topological polar surface area (TPSA) is 20.3 Å². The van der Waals surface area contributed by atoms with Crippen LogP contribution >= 0.6 is 22.9 Å². The summed E-state index contributed by atoms with van der Waals surface area (Å²) in [6.45, 7) is 4.79. The Morgan fingerprint density at radius 3 is 2.48 bits per heavy atom. The highest BCUT2D eigenvalue weighted by Crippen LogP contribution is 2.23. The molecule has 0 atom stereocenters. The van der Waals surface area contributed by atoms with Crippen molar-refractivity contribution in [2.75, 3.05) is 0 Å². The van der Waals surface area contributed by atoms with E-state index in [1.165, 1.54) is 5.56 Å². The van der Waals surface area contributed by atoms with E-state index in [9.17, 15) is 4.79 Å². The van der Waals surface area contributed by atoms with Crippen LogP contribution in [0.4, 0.5) is 0 Å². The fourth-order valence-corrected chi connectivity index (χ4v) is 3.29. The average molecular weight is 322 g/mol. The summed E-state index contributed by atoms with van der Waals surface area (Å²) in [5.41, 5.74) is 1.17. The zero-order valence-corrected chi connectivity index (χ0v) is 14.0. The van der Waals surface area contributed by atoms with Gasteiger partial charge in [0, 0.05) is 23.9 Å². The highest BCUT2D eigenvalue weighted by molar-refractivity contribution is 7.16. The number of amides is 1. The minimum atomic E-state index is 0.193. The van der Waals surface area contributed by atoms with E-state index in [1.54, 1.807) is 11.3 Å². The summed E-state index contributed by atoms with van der Waals surface area (Å²) in [5.74, 6) is 0.193. The summed E-state index contributed by atoms with van der Waals surface area (Å²) in [6.07, 6.45) is 1.29. The fraction of sp³-hybridized carbons (Fsp3) is 0.353. The maximum atomic E-state index is 12.5. The first-order chi connectivity index (χ1) is 10.1. The van der Waals surface area contributed by atoms with Gasteiger partial charge in [-0.15, -0.1) is 11.3 Å². The van der Waals surface area contributed by atoms with Crippen molar-refractivity contribution in [3.63, 3.8) is 0 Å². The van der Waals surface area contributed by atoms with Gasteiger partial charge in [0.1, 0.15) is 0 Å². The average Bonchev–Trinajstić information content (AvgIpc) is 2.89. The maximum absolute atomic E-state index is 12.5. The number of halogens is 1. The van der Waals surface area contributed by atoms with Crippen LogP contribution < -0.4 is 0 Å². The van der Waals surface area contributed by atoms with Crippen molar-refractivity contribution in [2.24, 2.45) is 0 Å². The SMILES string of the molecule is CC(C)N(Cc1ccccc1)C(=O)CCc1ccc(Cl)s1. The lowest BCUT2D eigenvalue weighted by molar-refractivity contribution is -0.133. The summed E-state index contributed by atoms with van der Waals surface area (Å²) < 4.78 is 0.780. The molecule has 0 saturated carbocycles. The Kier molecular flexibility index (Phi) is 5.83.